The maximum atomic E-state index is 11.9. The van der Waals surface area contributed by atoms with Gasteiger partial charge in [0.15, 0.2) is 12.1 Å². The molecule has 1 heterocycles. The zero-order valence-electron chi connectivity index (χ0n) is 15.9. The first-order valence-electron chi connectivity index (χ1n) is 9.73. The molecule has 1 saturated heterocycles. The third kappa shape index (κ3) is 6.71. The molecule has 0 spiro atoms. The van der Waals surface area contributed by atoms with Crippen molar-refractivity contribution in [1.82, 2.24) is 0 Å². The van der Waals surface area contributed by atoms with Crippen molar-refractivity contribution in [3.05, 3.63) is 77.9 Å². The highest BCUT2D eigenvalue weighted by Gasteiger charge is 2.14. The predicted molar refractivity (Wildman–Crippen MR) is 110 cm³/mol. The topological polar surface area (TPSA) is 55.8 Å². The normalized spacial score (nSPS) is 17.2. The minimum absolute atomic E-state index is 0.0777. The number of rotatable bonds is 8. The lowest BCUT2D eigenvalue weighted by atomic mass is 10.1. The molecule has 4 nitrogen and oxygen atoms in total. The van der Waals surface area contributed by atoms with Crippen molar-refractivity contribution in [2.45, 2.75) is 38.4 Å². The summed E-state index contributed by atoms with van der Waals surface area (Å²) in [5.74, 6) is 1.12. The first kappa shape index (κ1) is 19.9. The van der Waals surface area contributed by atoms with E-state index in [1.54, 1.807) is 24.3 Å². The van der Waals surface area contributed by atoms with Crippen LogP contribution in [-0.2, 0) is 16.0 Å². The molecule has 1 aliphatic heterocycles. The van der Waals surface area contributed by atoms with Crippen molar-refractivity contribution in [3.63, 3.8) is 0 Å². The van der Waals surface area contributed by atoms with Gasteiger partial charge >= 0.3 is 0 Å². The van der Waals surface area contributed by atoms with Crippen molar-refractivity contribution in [1.29, 1.82) is 0 Å². The third-order valence-corrected chi connectivity index (χ3v) is 4.56. The van der Waals surface area contributed by atoms with Crippen LogP contribution in [0.3, 0.4) is 0 Å². The summed E-state index contributed by atoms with van der Waals surface area (Å²) in [6.45, 7) is 0.769. The molecular formula is C24H26O4. The molecule has 0 aromatic heterocycles. The van der Waals surface area contributed by atoms with Gasteiger partial charge in [-0.25, -0.2) is 0 Å². The van der Waals surface area contributed by atoms with E-state index >= 15 is 0 Å². The molecule has 1 unspecified atom stereocenters. The number of hydrogen-bond acceptors (Lipinski definition) is 4. The highest BCUT2D eigenvalue weighted by Crippen LogP contribution is 2.20. The molecule has 0 saturated carbocycles. The second-order valence-corrected chi connectivity index (χ2v) is 6.83. The molecular weight excluding hydrogens is 352 g/mol. The summed E-state index contributed by atoms with van der Waals surface area (Å²) >= 11 is 0. The molecule has 4 heteroatoms. The van der Waals surface area contributed by atoms with Crippen molar-refractivity contribution < 1.29 is 19.4 Å². The molecule has 0 radical (unpaired) electrons. The van der Waals surface area contributed by atoms with Crippen molar-refractivity contribution in [3.8, 4) is 11.5 Å². The van der Waals surface area contributed by atoms with Crippen LogP contribution in [0.1, 0.15) is 36.8 Å². The first-order chi connectivity index (χ1) is 13.7. The molecule has 2 aromatic carbocycles. The lowest BCUT2D eigenvalue weighted by Gasteiger charge is -2.23. The number of carbonyl (C=O) groups excluding carboxylic acids is 1. The van der Waals surface area contributed by atoms with Gasteiger partial charge < -0.3 is 14.6 Å². The Kier molecular flexibility index (Phi) is 7.44. The van der Waals surface area contributed by atoms with Crippen LogP contribution in [-0.4, -0.2) is 23.8 Å². The van der Waals surface area contributed by atoms with Gasteiger partial charge in [0.1, 0.15) is 11.5 Å². The number of phenols is 1. The Morgan fingerprint density at radius 3 is 2.57 bits per heavy atom. The molecule has 0 bridgehead atoms. The predicted octanol–water partition coefficient (Wildman–Crippen LogP) is 5.07. The Morgan fingerprint density at radius 2 is 1.86 bits per heavy atom. The molecule has 1 N–H and O–H groups in total. The molecule has 0 aliphatic carbocycles. The van der Waals surface area contributed by atoms with E-state index in [-0.39, 0.29) is 17.8 Å². The SMILES string of the molecule is O=C(/C=C/C=C/c1ccc(OC2CCCCO2)cc1)CCc1ccc(O)cc1. The number of ketones is 1. The van der Waals surface area contributed by atoms with E-state index in [1.165, 1.54) is 0 Å². The lowest BCUT2D eigenvalue weighted by Crippen LogP contribution is -2.24. The molecule has 0 amide bonds. The lowest BCUT2D eigenvalue weighted by molar-refractivity contribution is -0.114. The van der Waals surface area contributed by atoms with Crippen molar-refractivity contribution in [2.75, 3.05) is 6.61 Å². The maximum absolute atomic E-state index is 11.9. The van der Waals surface area contributed by atoms with Crippen LogP contribution in [0.15, 0.2) is 66.8 Å². The largest absolute Gasteiger partial charge is 0.508 e. The minimum atomic E-state index is -0.134. The maximum Gasteiger partial charge on any atom is 0.199 e. The fourth-order valence-corrected chi connectivity index (χ4v) is 2.96. The molecule has 1 atom stereocenters. The van der Waals surface area contributed by atoms with E-state index in [2.05, 4.69) is 0 Å². The fourth-order valence-electron chi connectivity index (χ4n) is 2.96. The first-order valence-corrected chi connectivity index (χ1v) is 9.73. The van der Waals surface area contributed by atoms with Gasteiger partial charge in [0.2, 0.25) is 0 Å². The number of aromatic hydroxyl groups is 1. The Bertz CT molecular complexity index is 798. The zero-order valence-corrected chi connectivity index (χ0v) is 15.9. The summed E-state index contributed by atoms with van der Waals surface area (Å²) in [5, 5.41) is 9.26. The summed E-state index contributed by atoms with van der Waals surface area (Å²) in [6.07, 6.45) is 11.3. The Hall–Kier alpha value is -2.85. The van der Waals surface area contributed by atoms with Crippen molar-refractivity contribution >= 4 is 11.9 Å². The Morgan fingerprint density at radius 1 is 1.07 bits per heavy atom. The van der Waals surface area contributed by atoms with Gasteiger partial charge in [-0.1, -0.05) is 42.5 Å². The van der Waals surface area contributed by atoms with Gasteiger partial charge in [-0.15, -0.1) is 0 Å². The van der Waals surface area contributed by atoms with Crippen LogP contribution in [0, 0.1) is 0 Å². The standard InChI is InChI=1S/C24H26O4/c25-21(13-8-20-9-14-22(26)15-10-20)6-2-1-5-19-11-16-23(17-12-19)28-24-7-3-4-18-27-24/h1-2,5-6,9-12,14-17,24,26H,3-4,7-8,13,18H2/b5-1+,6-2+. The van der Waals surface area contributed by atoms with Crippen LogP contribution in [0.25, 0.3) is 6.08 Å². The van der Waals surface area contributed by atoms with E-state index in [0.29, 0.717) is 12.8 Å². The van der Waals surface area contributed by atoms with Crippen molar-refractivity contribution in [2.24, 2.45) is 0 Å². The monoisotopic (exact) mass is 378 g/mol. The van der Waals surface area contributed by atoms with Gasteiger partial charge in [-0.3, -0.25) is 4.79 Å². The van der Waals surface area contributed by atoms with E-state index in [0.717, 1.165) is 42.7 Å². The van der Waals surface area contributed by atoms with Gasteiger partial charge in [0.05, 0.1) is 6.61 Å². The Balaban J connectivity index is 1.41. The van der Waals surface area contributed by atoms with Crippen LogP contribution >= 0.6 is 0 Å². The van der Waals surface area contributed by atoms with Crippen LogP contribution in [0.4, 0.5) is 0 Å². The van der Waals surface area contributed by atoms with Gasteiger partial charge in [-0.2, -0.15) is 0 Å². The smallest absolute Gasteiger partial charge is 0.199 e. The number of carbonyl (C=O) groups is 1. The van der Waals surface area contributed by atoms with Crippen LogP contribution in [0.5, 0.6) is 11.5 Å². The number of ether oxygens (including phenoxy) is 2. The summed E-state index contributed by atoms with van der Waals surface area (Å²) < 4.78 is 11.4. The van der Waals surface area contributed by atoms with Gasteiger partial charge in [-0.05, 0) is 60.7 Å². The van der Waals surface area contributed by atoms with Crippen LogP contribution in [0.2, 0.25) is 0 Å². The molecule has 28 heavy (non-hydrogen) atoms. The third-order valence-electron chi connectivity index (χ3n) is 4.56. The molecule has 2 aromatic rings. The Labute approximate surface area is 166 Å². The second-order valence-electron chi connectivity index (χ2n) is 6.83. The number of phenolic OH excluding ortho intramolecular Hbond substituents is 1. The summed E-state index contributed by atoms with van der Waals surface area (Å²) in [7, 11) is 0. The highest BCUT2D eigenvalue weighted by atomic mass is 16.7. The number of aryl methyl sites for hydroxylation is 1. The van der Waals surface area contributed by atoms with E-state index in [4.69, 9.17) is 9.47 Å². The van der Waals surface area contributed by atoms with Gasteiger partial charge in [0.25, 0.3) is 0 Å². The average Bonchev–Trinajstić information content (AvgIpc) is 2.73. The number of benzene rings is 2. The average molecular weight is 378 g/mol. The molecule has 3 rings (SSSR count). The van der Waals surface area contributed by atoms with E-state index in [9.17, 15) is 9.90 Å². The second kappa shape index (κ2) is 10.5. The van der Waals surface area contributed by atoms with Crippen LogP contribution < -0.4 is 4.74 Å². The molecule has 1 aliphatic rings. The number of hydrogen-bond donors (Lipinski definition) is 1. The fraction of sp³-hybridized carbons (Fsp3) is 0.292. The quantitative estimate of drug-likeness (QED) is 0.515. The summed E-state index contributed by atoms with van der Waals surface area (Å²) in [5.41, 5.74) is 2.08. The summed E-state index contributed by atoms with van der Waals surface area (Å²) in [4.78, 5) is 11.9. The minimum Gasteiger partial charge on any atom is -0.508 e. The highest BCUT2D eigenvalue weighted by molar-refractivity contribution is 5.90. The van der Waals surface area contributed by atoms with E-state index < -0.39 is 0 Å². The molecule has 146 valence electrons. The number of allylic oxidation sites excluding steroid dienone is 3. The van der Waals surface area contributed by atoms with Gasteiger partial charge in [0, 0.05) is 12.8 Å². The summed E-state index contributed by atoms with van der Waals surface area (Å²) in [6, 6.07) is 14.8. The van der Waals surface area contributed by atoms with E-state index in [1.807, 2.05) is 48.6 Å². The zero-order chi connectivity index (χ0) is 19.6. The molecule has 1 fully saturated rings.